The Labute approximate surface area is 82.7 Å². The fraction of sp³-hybridized carbons (Fsp3) is 0.556. The van der Waals surface area contributed by atoms with Gasteiger partial charge >= 0.3 is 0 Å². The molecule has 0 unspecified atom stereocenters. The topological polar surface area (TPSA) is 58.2 Å². The van der Waals surface area contributed by atoms with Crippen molar-refractivity contribution in [2.45, 2.75) is 6.92 Å². The molecule has 1 N–H and O–H groups in total. The average Bonchev–Trinajstić information content (AvgIpc) is 2.18. The molecule has 0 bridgehead atoms. The summed E-state index contributed by atoms with van der Waals surface area (Å²) in [4.78, 5) is 19.4. The standard InChI is InChI=1S/C9H15N3O2/c1-3-14-5-4-12(2)8-6-9(13)11-7-10-8/h6-7H,3-5H2,1-2H3,(H,10,11,13). The Bertz CT molecular complexity index is 324. The Morgan fingerprint density at radius 3 is 3.07 bits per heavy atom. The van der Waals surface area contributed by atoms with Crippen molar-refractivity contribution in [2.24, 2.45) is 0 Å². The second-order valence-electron chi connectivity index (χ2n) is 2.89. The number of hydrogen-bond donors (Lipinski definition) is 1. The Balaban J connectivity index is 2.51. The van der Waals surface area contributed by atoms with E-state index in [4.69, 9.17) is 4.74 Å². The lowest BCUT2D eigenvalue weighted by atomic mass is 10.5. The molecule has 0 atom stereocenters. The average molecular weight is 197 g/mol. The quantitative estimate of drug-likeness (QED) is 0.687. The molecule has 5 nitrogen and oxygen atoms in total. The van der Waals surface area contributed by atoms with Crippen molar-refractivity contribution in [3.63, 3.8) is 0 Å². The maximum Gasteiger partial charge on any atom is 0.252 e. The molecule has 14 heavy (non-hydrogen) atoms. The number of anilines is 1. The molecule has 0 aliphatic rings. The summed E-state index contributed by atoms with van der Waals surface area (Å²) in [6.45, 7) is 4.02. The van der Waals surface area contributed by atoms with Gasteiger partial charge in [0.2, 0.25) is 0 Å². The van der Waals surface area contributed by atoms with E-state index in [-0.39, 0.29) is 5.56 Å². The van der Waals surface area contributed by atoms with E-state index in [2.05, 4.69) is 9.97 Å². The first-order chi connectivity index (χ1) is 6.74. The minimum atomic E-state index is -0.141. The minimum Gasteiger partial charge on any atom is -0.380 e. The van der Waals surface area contributed by atoms with Gasteiger partial charge in [0, 0.05) is 26.3 Å². The summed E-state index contributed by atoms with van der Waals surface area (Å²) in [6, 6.07) is 1.46. The monoisotopic (exact) mass is 197 g/mol. The maximum atomic E-state index is 11.0. The van der Waals surface area contributed by atoms with Crippen LogP contribution >= 0.6 is 0 Å². The van der Waals surface area contributed by atoms with E-state index in [9.17, 15) is 4.79 Å². The molecule has 0 aliphatic carbocycles. The Hall–Kier alpha value is -1.36. The summed E-state index contributed by atoms with van der Waals surface area (Å²) in [7, 11) is 1.88. The van der Waals surface area contributed by atoms with E-state index < -0.39 is 0 Å². The van der Waals surface area contributed by atoms with Crippen LogP contribution in [0.25, 0.3) is 0 Å². The van der Waals surface area contributed by atoms with Crippen molar-refractivity contribution in [2.75, 3.05) is 31.7 Å². The third kappa shape index (κ3) is 3.18. The van der Waals surface area contributed by atoms with Crippen LogP contribution in [0, 0.1) is 0 Å². The predicted molar refractivity (Wildman–Crippen MR) is 54.6 cm³/mol. The van der Waals surface area contributed by atoms with Crippen molar-refractivity contribution >= 4 is 5.82 Å². The minimum absolute atomic E-state index is 0.141. The summed E-state index contributed by atoms with van der Waals surface area (Å²) in [6.07, 6.45) is 1.40. The van der Waals surface area contributed by atoms with Crippen molar-refractivity contribution in [3.8, 4) is 0 Å². The molecule has 1 aromatic rings. The molecule has 0 aromatic carbocycles. The number of aromatic amines is 1. The molecule has 78 valence electrons. The molecule has 0 radical (unpaired) electrons. The van der Waals surface area contributed by atoms with Gasteiger partial charge in [-0.25, -0.2) is 4.98 Å². The van der Waals surface area contributed by atoms with Gasteiger partial charge in [-0.15, -0.1) is 0 Å². The molecule has 0 aliphatic heterocycles. The first-order valence-electron chi connectivity index (χ1n) is 4.57. The Morgan fingerprint density at radius 1 is 1.64 bits per heavy atom. The van der Waals surface area contributed by atoms with Gasteiger partial charge in [0.05, 0.1) is 12.9 Å². The highest BCUT2D eigenvalue weighted by Gasteiger charge is 2.01. The molecular formula is C9H15N3O2. The van der Waals surface area contributed by atoms with Gasteiger partial charge in [0.15, 0.2) is 0 Å². The highest BCUT2D eigenvalue weighted by atomic mass is 16.5. The highest BCUT2D eigenvalue weighted by molar-refractivity contribution is 5.34. The van der Waals surface area contributed by atoms with Gasteiger partial charge in [-0.05, 0) is 6.92 Å². The number of rotatable bonds is 5. The van der Waals surface area contributed by atoms with Crippen molar-refractivity contribution in [1.82, 2.24) is 9.97 Å². The number of aromatic nitrogens is 2. The lowest BCUT2D eigenvalue weighted by Crippen LogP contribution is -2.25. The first-order valence-corrected chi connectivity index (χ1v) is 4.57. The number of nitrogens with zero attached hydrogens (tertiary/aromatic N) is 2. The number of nitrogens with one attached hydrogen (secondary N) is 1. The van der Waals surface area contributed by atoms with Gasteiger partial charge < -0.3 is 14.6 Å². The van der Waals surface area contributed by atoms with Crippen molar-refractivity contribution in [1.29, 1.82) is 0 Å². The zero-order valence-electron chi connectivity index (χ0n) is 8.49. The van der Waals surface area contributed by atoms with Gasteiger partial charge in [0.1, 0.15) is 5.82 Å². The van der Waals surface area contributed by atoms with Crippen molar-refractivity contribution in [3.05, 3.63) is 22.7 Å². The SMILES string of the molecule is CCOCCN(C)c1cc(=O)[nH]cn1. The van der Waals surface area contributed by atoms with Crippen LogP contribution in [0.15, 0.2) is 17.2 Å². The van der Waals surface area contributed by atoms with Gasteiger partial charge in [-0.1, -0.05) is 0 Å². The smallest absolute Gasteiger partial charge is 0.252 e. The summed E-state index contributed by atoms with van der Waals surface area (Å²) in [5.74, 6) is 0.661. The van der Waals surface area contributed by atoms with Crippen LogP contribution < -0.4 is 10.5 Å². The van der Waals surface area contributed by atoms with Crippen LogP contribution in [0.1, 0.15) is 6.92 Å². The fourth-order valence-corrected chi connectivity index (χ4v) is 1.03. The molecule has 0 saturated heterocycles. The zero-order chi connectivity index (χ0) is 10.4. The van der Waals surface area contributed by atoms with E-state index in [1.54, 1.807) is 0 Å². The van der Waals surface area contributed by atoms with Crippen molar-refractivity contribution < 1.29 is 4.74 Å². The van der Waals surface area contributed by atoms with E-state index in [0.717, 1.165) is 6.54 Å². The van der Waals surface area contributed by atoms with Crippen LogP contribution in [0.2, 0.25) is 0 Å². The van der Waals surface area contributed by atoms with Crippen LogP contribution in [0.4, 0.5) is 5.82 Å². The predicted octanol–water partition coefficient (Wildman–Crippen LogP) is 0.243. The van der Waals surface area contributed by atoms with Gasteiger partial charge in [-0.3, -0.25) is 4.79 Å². The molecule has 1 heterocycles. The van der Waals surface area contributed by atoms with Crippen LogP contribution in [0.3, 0.4) is 0 Å². The van der Waals surface area contributed by atoms with E-state index in [0.29, 0.717) is 19.0 Å². The molecule has 1 rings (SSSR count). The second-order valence-corrected chi connectivity index (χ2v) is 2.89. The molecule has 0 fully saturated rings. The van der Waals surface area contributed by atoms with E-state index >= 15 is 0 Å². The van der Waals surface area contributed by atoms with Gasteiger partial charge in [0.25, 0.3) is 5.56 Å². The normalized spacial score (nSPS) is 10.1. The van der Waals surface area contributed by atoms with Gasteiger partial charge in [-0.2, -0.15) is 0 Å². The second kappa shape index (κ2) is 5.39. The third-order valence-electron chi connectivity index (χ3n) is 1.83. The Kier molecular flexibility index (Phi) is 4.12. The third-order valence-corrected chi connectivity index (χ3v) is 1.83. The summed E-state index contributed by atoms with van der Waals surface area (Å²) >= 11 is 0. The molecule has 0 saturated carbocycles. The summed E-state index contributed by atoms with van der Waals surface area (Å²) < 4.78 is 5.20. The number of likely N-dealkylation sites (N-methyl/N-ethyl adjacent to an activating group) is 1. The summed E-state index contributed by atoms with van der Waals surface area (Å²) in [5, 5.41) is 0. The maximum absolute atomic E-state index is 11.0. The largest absolute Gasteiger partial charge is 0.380 e. The number of ether oxygens (including phenoxy) is 1. The van der Waals surface area contributed by atoms with Crippen LogP contribution in [0.5, 0.6) is 0 Å². The van der Waals surface area contributed by atoms with Crippen LogP contribution in [-0.4, -0.2) is 36.8 Å². The Morgan fingerprint density at radius 2 is 2.43 bits per heavy atom. The molecule has 0 spiro atoms. The zero-order valence-corrected chi connectivity index (χ0v) is 8.49. The van der Waals surface area contributed by atoms with E-state index in [1.807, 2.05) is 18.9 Å². The molecule has 5 heteroatoms. The number of hydrogen-bond acceptors (Lipinski definition) is 4. The molecular weight excluding hydrogens is 182 g/mol. The lowest BCUT2D eigenvalue weighted by molar-refractivity contribution is 0.154. The lowest BCUT2D eigenvalue weighted by Gasteiger charge is -2.16. The van der Waals surface area contributed by atoms with E-state index in [1.165, 1.54) is 12.4 Å². The number of H-pyrrole nitrogens is 1. The molecule has 0 amide bonds. The highest BCUT2D eigenvalue weighted by Crippen LogP contribution is 2.01. The molecule has 1 aromatic heterocycles. The summed E-state index contributed by atoms with van der Waals surface area (Å²) in [5.41, 5.74) is -0.141. The fourth-order valence-electron chi connectivity index (χ4n) is 1.03. The van der Waals surface area contributed by atoms with Crippen LogP contribution in [-0.2, 0) is 4.74 Å². The first kappa shape index (κ1) is 10.7.